The van der Waals surface area contributed by atoms with Crippen molar-refractivity contribution in [1.82, 2.24) is 10.2 Å². The minimum Gasteiger partial charge on any atom is -0.323 e. The van der Waals surface area contributed by atoms with Gasteiger partial charge >= 0.3 is 6.03 Å². The van der Waals surface area contributed by atoms with E-state index in [2.05, 4.69) is 5.32 Å². The summed E-state index contributed by atoms with van der Waals surface area (Å²) in [6.45, 7) is 3.19. The van der Waals surface area contributed by atoms with E-state index in [0.717, 1.165) is 12.3 Å². The van der Waals surface area contributed by atoms with Crippen LogP contribution >= 0.6 is 23.5 Å². The van der Waals surface area contributed by atoms with E-state index in [-0.39, 0.29) is 17.9 Å². The summed E-state index contributed by atoms with van der Waals surface area (Å²) in [6, 6.07) is -0.223. The van der Waals surface area contributed by atoms with Gasteiger partial charge in [0.05, 0.1) is 5.92 Å². The predicted molar refractivity (Wildman–Crippen MR) is 67.8 cm³/mol. The van der Waals surface area contributed by atoms with Crippen molar-refractivity contribution in [2.45, 2.75) is 12.2 Å². The van der Waals surface area contributed by atoms with Gasteiger partial charge in [0, 0.05) is 35.6 Å². The highest BCUT2D eigenvalue weighted by molar-refractivity contribution is 8.06. The van der Waals surface area contributed by atoms with E-state index in [0.29, 0.717) is 11.8 Å². The molecule has 0 saturated carbocycles. The zero-order chi connectivity index (χ0) is 11.5. The number of carbonyl (C=O) groups is 2. The molecular weight excluding hydrogens is 244 g/mol. The van der Waals surface area contributed by atoms with Crippen molar-refractivity contribution < 1.29 is 9.59 Å². The number of rotatable bonds is 2. The first-order chi connectivity index (χ1) is 7.66. The van der Waals surface area contributed by atoms with Crippen LogP contribution in [0.4, 0.5) is 4.79 Å². The van der Waals surface area contributed by atoms with Crippen molar-refractivity contribution in [1.29, 1.82) is 0 Å². The first-order valence-corrected chi connectivity index (χ1v) is 7.66. The average Bonchev–Trinajstić information content (AvgIpc) is 2.27. The van der Waals surface area contributed by atoms with Gasteiger partial charge in [0.1, 0.15) is 0 Å². The molecule has 1 N–H and O–H groups in total. The molecule has 2 aliphatic heterocycles. The molecule has 0 spiro atoms. The highest BCUT2D eigenvalue weighted by atomic mass is 32.2. The maximum atomic E-state index is 11.6. The van der Waals surface area contributed by atoms with Crippen molar-refractivity contribution >= 4 is 35.5 Å². The summed E-state index contributed by atoms with van der Waals surface area (Å²) >= 11 is 3.88. The maximum absolute atomic E-state index is 11.6. The molecular formula is C10H16N2O2S2. The van der Waals surface area contributed by atoms with Crippen molar-refractivity contribution in [2.75, 3.05) is 30.3 Å². The number of nitrogens with zero attached hydrogens (tertiary/aromatic N) is 1. The number of imide groups is 1. The molecule has 0 aliphatic carbocycles. The summed E-state index contributed by atoms with van der Waals surface area (Å²) in [4.78, 5) is 24.6. The number of amides is 3. The van der Waals surface area contributed by atoms with Crippen LogP contribution in [-0.2, 0) is 4.79 Å². The second kappa shape index (κ2) is 5.31. The van der Waals surface area contributed by atoms with E-state index in [1.807, 2.05) is 30.4 Å². The molecule has 0 aromatic carbocycles. The van der Waals surface area contributed by atoms with E-state index in [4.69, 9.17) is 0 Å². The molecule has 2 heterocycles. The Labute approximate surface area is 104 Å². The molecule has 2 saturated heterocycles. The van der Waals surface area contributed by atoms with Gasteiger partial charge < -0.3 is 4.90 Å². The third kappa shape index (κ3) is 2.85. The summed E-state index contributed by atoms with van der Waals surface area (Å²) in [7, 11) is 0. The highest BCUT2D eigenvalue weighted by Gasteiger charge is 2.30. The Hall–Kier alpha value is -0.360. The average molecular weight is 260 g/mol. The van der Waals surface area contributed by atoms with Gasteiger partial charge in [-0.25, -0.2) is 4.79 Å². The minimum absolute atomic E-state index is 0.0843. The Morgan fingerprint density at radius 2 is 2.25 bits per heavy atom. The van der Waals surface area contributed by atoms with Crippen LogP contribution < -0.4 is 5.32 Å². The molecule has 0 aromatic rings. The quantitative estimate of drug-likeness (QED) is 0.805. The molecule has 6 heteroatoms. The molecule has 2 aliphatic rings. The van der Waals surface area contributed by atoms with E-state index in [9.17, 15) is 9.59 Å². The number of carbonyl (C=O) groups excluding carboxylic acids is 2. The number of urea groups is 1. The van der Waals surface area contributed by atoms with Crippen LogP contribution in [-0.4, -0.2) is 52.4 Å². The number of thioether (sulfide) groups is 2. The van der Waals surface area contributed by atoms with Gasteiger partial charge in [0.15, 0.2) is 0 Å². The summed E-state index contributed by atoms with van der Waals surface area (Å²) < 4.78 is 0. The van der Waals surface area contributed by atoms with Crippen molar-refractivity contribution in [3.63, 3.8) is 0 Å². The summed E-state index contributed by atoms with van der Waals surface area (Å²) in [5.41, 5.74) is 0. The van der Waals surface area contributed by atoms with Crippen molar-refractivity contribution in [2.24, 2.45) is 5.92 Å². The smallest absolute Gasteiger partial charge is 0.323 e. The first kappa shape index (κ1) is 12.1. The lowest BCUT2D eigenvalue weighted by Crippen LogP contribution is -2.55. The van der Waals surface area contributed by atoms with Gasteiger partial charge in [-0.05, 0) is 0 Å². The summed E-state index contributed by atoms with van der Waals surface area (Å²) in [5.74, 6) is 3.25. The van der Waals surface area contributed by atoms with Crippen molar-refractivity contribution in [3.8, 4) is 0 Å². The largest absolute Gasteiger partial charge is 0.324 e. The van der Waals surface area contributed by atoms with Crippen molar-refractivity contribution in [3.05, 3.63) is 0 Å². The lowest BCUT2D eigenvalue weighted by atomic mass is 10.1. The highest BCUT2D eigenvalue weighted by Crippen LogP contribution is 2.25. The lowest BCUT2D eigenvalue weighted by molar-refractivity contribution is -0.125. The number of hydrogen-bond donors (Lipinski definition) is 1. The van der Waals surface area contributed by atoms with Gasteiger partial charge in [-0.1, -0.05) is 6.92 Å². The standard InChI is InChI=1S/C10H16N2O2S2/c1-7-4-12(10(14)11-9(7)13)5-8-6-15-2-3-16-8/h7-8H,2-6H2,1H3,(H,11,13,14). The third-order valence-corrected chi connectivity index (χ3v) is 5.60. The Bertz CT molecular complexity index is 293. The zero-order valence-corrected chi connectivity index (χ0v) is 10.9. The van der Waals surface area contributed by atoms with Gasteiger partial charge in [-0.2, -0.15) is 23.5 Å². The van der Waals surface area contributed by atoms with E-state index >= 15 is 0 Å². The Morgan fingerprint density at radius 3 is 2.94 bits per heavy atom. The molecule has 0 bridgehead atoms. The Balaban J connectivity index is 1.88. The number of hydrogen-bond acceptors (Lipinski definition) is 4. The molecule has 0 radical (unpaired) electrons. The molecule has 4 nitrogen and oxygen atoms in total. The van der Waals surface area contributed by atoms with Crippen LogP contribution in [0.15, 0.2) is 0 Å². The molecule has 2 atom stereocenters. The maximum Gasteiger partial charge on any atom is 0.324 e. The second-order valence-electron chi connectivity index (χ2n) is 4.17. The topological polar surface area (TPSA) is 49.4 Å². The van der Waals surface area contributed by atoms with Gasteiger partial charge in [-0.15, -0.1) is 0 Å². The molecule has 0 aromatic heterocycles. The molecule has 2 unspecified atom stereocenters. The first-order valence-electron chi connectivity index (χ1n) is 5.46. The molecule has 90 valence electrons. The Kier molecular flexibility index (Phi) is 4.02. The fraction of sp³-hybridized carbons (Fsp3) is 0.800. The fourth-order valence-electron chi connectivity index (χ4n) is 1.85. The van der Waals surface area contributed by atoms with Crippen LogP contribution in [0.2, 0.25) is 0 Å². The van der Waals surface area contributed by atoms with Gasteiger partial charge in [0.2, 0.25) is 5.91 Å². The summed E-state index contributed by atoms with van der Waals surface area (Å²) in [5, 5.41) is 2.92. The van der Waals surface area contributed by atoms with Crippen LogP contribution in [0.1, 0.15) is 6.92 Å². The SMILES string of the molecule is CC1CN(CC2CSCCS2)C(=O)NC1=O. The van der Waals surface area contributed by atoms with Crippen LogP contribution in [0.25, 0.3) is 0 Å². The van der Waals surface area contributed by atoms with Crippen LogP contribution in [0, 0.1) is 5.92 Å². The van der Waals surface area contributed by atoms with E-state index < -0.39 is 0 Å². The molecule has 16 heavy (non-hydrogen) atoms. The molecule has 3 amide bonds. The normalized spacial score (nSPS) is 31.4. The zero-order valence-electron chi connectivity index (χ0n) is 9.27. The Morgan fingerprint density at radius 1 is 1.44 bits per heavy atom. The monoisotopic (exact) mass is 260 g/mol. The van der Waals surface area contributed by atoms with Crippen LogP contribution in [0.5, 0.6) is 0 Å². The summed E-state index contributed by atoms with van der Waals surface area (Å²) in [6.07, 6.45) is 0. The molecule has 2 rings (SSSR count). The molecule has 2 fully saturated rings. The third-order valence-electron chi connectivity index (χ3n) is 2.77. The fourth-order valence-corrected chi connectivity index (χ4v) is 4.53. The van der Waals surface area contributed by atoms with Crippen LogP contribution in [0.3, 0.4) is 0 Å². The minimum atomic E-state index is -0.223. The van der Waals surface area contributed by atoms with Gasteiger partial charge in [-0.3, -0.25) is 10.1 Å². The van der Waals surface area contributed by atoms with E-state index in [1.165, 1.54) is 11.5 Å². The predicted octanol–water partition coefficient (Wildman–Crippen LogP) is 1.02. The second-order valence-corrected chi connectivity index (χ2v) is 6.73. The van der Waals surface area contributed by atoms with E-state index in [1.54, 1.807) is 4.90 Å². The lowest BCUT2D eigenvalue weighted by Gasteiger charge is -2.33. The number of nitrogens with one attached hydrogen (secondary N) is 1. The van der Waals surface area contributed by atoms with Gasteiger partial charge in [0.25, 0.3) is 0 Å².